The highest BCUT2D eigenvalue weighted by atomic mass is 35.5. The number of anilines is 1. The first-order valence-corrected chi connectivity index (χ1v) is 14.1. The Labute approximate surface area is 258 Å². The molecule has 0 spiro atoms. The van der Waals surface area contributed by atoms with Crippen LogP contribution < -0.4 is 21.4 Å². The molecule has 2 aromatic carbocycles. The second-order valence-electron chi connectivity index (χ2n) is 9.31. The number of halogens is 2. The van der Waals surface area contributed by atoms with Crippen LogP contribution >= 0.6 is 11.6 Å². The van der Waals surface area contributed by atoms with Gasteiger partial charge in [-0.05, 0) is 31.4 Å². The van der Waals surface area contributed by atoms with Crippen LogP contribution in [0, 0.1) is 5.82 Å². The van der Waals surface area contributed by atoms with Crippen LogP contribution in [0.5, 0.6) is 0 Å². The maximum atomic E-state index is 13.9. The molecule has 0 aliphatic heterocycles. The van der Waals surface area contributed by atoms with E-state index in [1.165, 1.54) is 24.1 Å². The molecular weight excluding hydrogens is 599 g/mol. The summed E-state index contributed by atoms with van der Waals surface area (Å²) in [5.41, 5.74) is 4.65. The van der Waals surface area contributed by atoms with Crippen LogP contribution in [0.1, 0.15) is 32.3 Å². The molecule has 4 amide bonds. The van der Waals surface area contributed by atoms with E-state index < -0.39 is 35.9 Å². The maximum absolute atomic E-state index is 13.9. The minimum atomic E-state index is -0.848. The summed E-state index contributed by atoms with van der Waals surface area (Å²) in [5.74, 6) is -1.52. The molecule has 236 valence electrons. The predicted octanol–water partition coefficient (Wildman–Crippen LogP) is 4.25. The van der Waals surface area contributed by atoms with Gasteiger partial charge in [-0.1, -0.05) is 59.2 Å². The number of hydrogen-bond acceptors (Lipinski definition) is 9. The normalized spacial score (nSPS) is 11.3. The minimum absolute atomic E-state index is 0.00765. The van der Waals surface area contributed by atoms with Gasteiger partial charge in [0.05, 0.1) is 17.7 Å². The summed E-state index contributed by atoms with van der Waals surface area (Å²) in [6, 6.07) is 13.8. The first kappa shape index (κ1) is 33.8. The molecule has 15 heteroatoms. The van der Waals surface area contributed by atoms with Gasteiger partial charge in [0.25, 0.3) is 0 Å². The molecule has 4 N–H and O–H groups in total. The summed E-state index contributed by atoms with van der Waals surface area (Å²) in [4.78, 5) is 48.7. The lowest BCUT2D eigenvalue weighted by atomic mass is 10.1. The van der Waals surface area contributed by atoms with E-state index in [9.17, 15) is 23.6 Å². The van der Waals surface area contributed by atoms with E-state index in [1.54, 1.807) is 19.1 Å². The highest BCUT2D eigenvalue weighted by Gasteiger charge is 2.24. The van der Waals surface area contributed by atoms with Gasteiger partial charge in [-0.3, -0.25) is 19.9 Å². The molecule has 1 aromatic heterocycles. The molecule has 0 radical (unpaired) electrons. The Hall–Kier alpha value is -4.69. The number of aromatic nitrogens is 1. The topological polar surface area (TPSA) is 164 Å². The molecule has 0 aliphatic rings. The molecule has 0 aliphatic carbocycles. The average Bonchev–Trinajstić information content (AvgIpc) is 3.47. The van der Waals surface area contributed by atoms with Crippen molar-refractivity contribution in [3.63, 3.8) is 0 Å². The quantitative estimate of drug-likeness (QED) is 0.109. The van der Waals surface area contributed by atoms with Gasteiger partial charge in [-0.15, -0.1) is 0 Å². The first-order valence-electron chi connectivity index (χ1n) is 13.8. The van der Waals surface area contributed by atoms with Crippen molar-refractivity contribution in [2.45, 2.75) is 39.3 Å². The zero-order valence-electron chi connectivity index (χ0n) is 24.2. The highest BCUT2D eigenvalue weighted by molar-refractivity contribution is 6.31. The van der Waals surface area contributed by atoms with Crippen molar-refractivity contribution in [2.75, 3.05) is 31.6 Å². The summed E-state index contributed by atoms with van der Waals surface area (Å²) >= 11 is 6.07. The zero-order chi connectivity index (χ0) is 31.9. The molecule has 3 rings (SSSR count). The number of rotatable bonds is 15. The molecule has 1 atom stereocenters. The van der Waals surface area contributed by atoms with Gasteiger partial charge in [-0.25, -0.2) is 19.4 Å². The molecule has 0 fully saturated rings. The Kier molecular flexibility index (Phi) is 13.4. The SMILES string of the molecule is CCOC(=O)CNC(=O)NCCC[C@@H](COC(=O)Nc1cc(-c2ccccc2)no1)N(NCc1cccc(F)c1Cl)C(C)=O. The van der Waals surface area contributed by atoms with Gasteiger partial charge in [-0.2, -0.15) is 0 Å². The summed E-state index contributed by atoms with van der Waals surface area (Å²) < 4.78 is 29.3. The van der Waals surface area contributed by atoms with Crippen LogP contribution in [-0.2, 0) is 25.6 Å². The molecule has 13 nitrogen and oxygen atoms in total. The third kappa shape index (κ3) is 10.9. The Morgan fingerprint density at radius 1 is 1.07 bits per heavy atom. The maximum Gasteiger partial charge on any atom is 0.414 e. The van der Waals surface area contributed by atoms with Crippen molar-refractivity contribution in [3.05, 3.63) is 71.0 Å². The molecule has 44 heavy (non-hydrogen) atoms. The number of carbonyl (C=O) groups is 4. The van der Waals surface area contributed by atoms with E-state index in [0.717, 1.165) is 5.56 Å². The number of ether oxygens (including phenoxy) is 2. The minimum Gasteiger partial charge on any atom is -0.465 e. The lowest BCUT2D eigenvalue weighted by molar-refractivity contribution is -0.141. The van der Waals surface area contributed by atoms with Crippen molar-refractivity contribution < 1.29 is 37.6 Å². The zero-order valence-corrected chi connectivity index (χ0v) is 25.0. The van der Waals surface area contributed by atoms with Gasteiger partial charge in [0.15, 0.2) is 0 Å². The Balaban J connectivity index is 1.61. The second-order valence-corrected chi connectivity index (χ2v) is 9.69. The number of nitrogens with one attached hydrogen (secondary N) is 4. The number of benzene rings is 2. The number of urea groups is 1. The van der Waals surface area contributed by atoms with Crippen LogP contribution in [0.15, 0.2) is 59.1 Å². The van der Waals surface area contributed by atoms with Crippen molar-refractivity contribution in [1.82, 2.24) is 26.2 Å². The monoisotopic (exact) mass is 632 g/mol. The Bertz CT molecular complexity index is 1410. The number of nitrogens with zero attached hydrogens (tertiary/aromatic N) is 2. The number of esters is 1. The second kappa shape index (κ2) is 17.4. The van der Waals surface area contributed by atoms with Gasteiger partial charge in [0.2, 0.25) is 11.8 Å². The molecule has 0 bridgehead atoms. The molecule has 0 saturated carbocycles. The van der Waals surface area contributed by atoms with Crippen LogP contribution in [0.3, 0.4) is 0 Å². The predicted molar refractivity (Wildman–Crippen MR) is 159 cm³/mol. The van der Waals surface area contributed by atoms with Gasteiger partial charge in [0.1, 0.15) is 24.7 Å². The molecular formula is C29H34ClFN6O7. The summed E-state index contributed by atoms with van der Waals surface area (Å²) in [7, 11) is 0. The molecule has 1 heterocycles. The van der Waals surface area contributed by atoms with Crippen molar-refractivity contribution in [1.29, 1.82) is 0 Å². The fourth-order valence-electron chi connectivity index (χ4n) is 3.99. The van der Waals surface area contributed by atoms with Crippen LogP contribution in [-0.4, -0.2) is 66.5 Å². The summed E-state index contributed by atoms with van der Waals surface area (Å²) in [6.45, 7) is 2.82. The van der Waals surface area contributed by atoms with E-state index in [4.69, 9.17) is 25.6 Å². The molecule has 0 saturated heterocycles. The third-order valence-corrected chi connectivity index (χ3v) is 6.51. The fourth-order valence-corrected chi connectivity index (χ4v) is 4.19. The summed E-state index contributed by atoms with van der Waals surface area (Å²) in [6.07, 6.45) is -0.217. The largest absolute Gasteiger partial charge is 0.465 e. The standard InChI is InChI=1S/C29H34ClFN6O7/c1-3-42-26(39)17-33-28(40)32-14-8-12-22(37(19(2)38)34-16-21-11-7-13-23(31)27(21)30)18-43-29(41)35-25-15-24(36-44-25)20-9-5-4-6-10-20/h4-7,9-11,13,15,22,34H,3,8,12,14,16-18H2,1-2H3,(H,35,41)(H2,32,33,40)/t22-/m0/s1. The number of hydrazine groups is 1. The van der Waals surface area contributed by atoms with E-state index in [-0.39, 0.29) is 50.2 Å². The lowest BCUT2D eigenvalue weighted by Crippen LogP contribution is -2.51. The van der Waals surface area contributed by atoms with E-state index >= 15 is 0 Å². The van der Waals surface area contributed by atoms with Crippen LogP contribution in [0.2, 0.25) is 5.02 Å². The fraction of sp³-hybridized carbons (Fsp3) is 0.345. The Morgan fingerprint density at radius 2 is 1.84 bits per heavy atom. The number of amides is 4. The van der Waals surface area contributed by atoms with Gasteiger partial charge < -0.3 is 24.6 Å². The first-order chi connectivity index (χ1) is 21.2. The average molecular weight is 633 g/mol. The molecule has 3 aromatic rings. The van der Waals surface area contributed by atoms with E-state index in [2.05, 4.69) is 26.5 Å². The third-order valence-electron chi connectivity index (χ3n) is 6.09. The number of carbonyl (C=O) groups excluding carboxylic acids is 4. The Morgan fingerprint density at radius 3 is 2.57 bits per heavy atom. The van der Waals surface area contributed by atoms with Gasteiger partial charge in [0, 0.05) is 31.6 Å². The number of hydrogen-bond donors (Lipinski definition) is 4. The lowest BCUT2D eigenvalue weighted by Gasteiger charge is -2.31. The molecule has 0 unspecified atom stereocenters. The van der Waals surface area contributed by atoms with Crippen LogP contribution in [0.25, 0.3) is 11.3 Å². The van der Waals surface area contributed by atoms with Crippen molar-refractivity contribution >= 4 is 41.5 Å². The van der Waals surface area contributed by atoms with Crippen LogP contribution in [0.4, 0.5) is 19.9 Å². The van der Waals surface area contributed by atoms with Gasteiger partial charge >= 0.3 is 18.1 Å². The van der Waals surface area contributed by atoms with Crippen molar-refractivity contribution in [3.8, 4) is 11.3 Å². The highest BCUT2D eigenvalue weighted by Crippen LogP contribution is 2.22. The summed E-state index contributed by atoms with van der Waals surface area (Å²) in [5, 5.41) is 12.6. The van der Waals surface area contributed by atoms with E-state index in [0.29, 0.717) is 17.7 Å². The van der Waals surface area contributed by atoms with Crippen molar-refractivity contribution in [2.24, 2.45) is 0 Å². The van der Waals surface area contributed by atoms with E-state index in [1.807, 2.05) is 30.3 Å². The smallest absolute Gasteiger partial charge is 0.414 e.